The molecule has 3 heteroatoms. The smallest absolute Gasteiger partial charge is 0.0810 e. The molecule has 1 saturated heterocycles. The van der Waals surface area contributed by atoms with Gasteiger partial charge >= 0.3 is 0 Å². The highest BCUT2D eigenvalue weighted by Gasteiger charge is 2.27. The Morgan fingerprint density at radius 2 is 1.85 bits per heavy atom. The largest absolute Gasteiger partial charge is 0.388 e. The summed E-state index contributed by atoms with van der Waals surface area (Å²) in [5, 5.41) is 10.6. The molecule has 1 aliphatic heterocycles. The fourth-order valence-corrected chi connectivity index (χ4v) is 4.68. The summed E-state index contributed by atoms with van der Waals surface area (Å²) in [6.07, 6.45) is 7.01. The van der Waals surface area contributed by atoms with Crippen LogP contribution in [0, 0.1) is 12.8 Å². The highest BCUT2D eigenvalue weighted by molar-refractivity contribution is 5.25. The molecule has 1 aromatic heterocycles. The van der Waals surface area contributed by atoms with Gasteiger partial charge in [0.15, 0.2) is 0 Å². The zero-order valence-electron chi connectivity index (χ0n) is 15.8. The first kappa shape index (κ1) is 17.7. The predicted octanol–water partition coefficient (Wildman–Crippen LogP) is 4.26. The molecule has 1 fully saturated rings. The van der Waals surface area contributed by atoms with Gasteiger partial charge in [-0.05, 0) is 75.6 Å². The zero-order valence-corrected chi connectivity index (χ0v) is 15.8. The van der Waals surface area contributed by atoms with Crippen LogP contribution < -0.4 is 0 Å². The van der Waals surface area contributed by atoms with Crippen LogP contribution >= 0.6 is 0 Å². The molecular weight excluding hydrogens is 320 g/mol. The molecule has 2 aliphatic rings. The molecule has 1 aliphatic carbocycles. The average molecular weight is 351 g/mol. The lowest BCUT2D eigenvalue weighted by Crippen LogP contribution is -2.36. The van der Waals surface area contributed by atoms with Crippen molar-refractivity contribution in [2.75, 3.05) is 19.6 Å². The predicted molar refractivity (Wildman–Crippen MR) is 105 cm³/mol. The second-order valence-corrected chi connectivity index (χ2v) is 8.18. The van der Waals surface area contributed by atoms with E-state index in [4.69, 9.17) is 0 Å². The molecule has 0 radical (unpaired) electrons. The summed E-state index contributed by atoms with van der Waals surface area (Å²) in [5.41, 5.74) is 4.99. The highest BCUT2D eigenvalue weighted by Crippen LogP contribution is 2.33. The van der Waals surface area contributed by atoms with Gasteiger partial charge in [0.05, 0.1) is 6.10 Å². The van der Waals surface area contributed by atoms with Gasteiger partial charge in [-0.15, -0.1) is 0 Å². The first-order valence-electron chi connectivity index (χ1n) is 10.1. The van der Waals surface area contributed by atoms with Gasteiger partial charge in [0.25, 0.3) is 0 Å². The van der Waals surface area contributed by atoms with Crippen molar-refractivity contribution >= 4 is 0 Å². The van der Waals surface area contributed by atoms with E-state index in [-0.39, 0.29) is 6.10 Å². The quantitative estimate of drug-likeness (QED) is 0.841. The minimum Gasteiger partial charge on any atom is -0.388 e. The molecular formula is C23H30N2O. The number of benzene rings is 1. The van der Waals surface area contributed by atoms with Gasteiger partial charge in [0, 0.05) is 24.0 Å². The summed E-state index contributed by atoms with van der Waals surface area (Å²) >= 11 is 0. The van der Waals surface area contributed by atoms with Crippen molar-refractivity contribution in [3.05, 3.63) is 65.0 Å². The topological polar surface area (TPSA) is 36.4 Å². The van der Waals surface area contributed by atoms with Crippen molar-refractivity contribution in [2.45, 2.75) is 51.0 Å². The van der Waals surface area contributed by atoms with Gasteiger partial charge in [-0.25, -0.2) is 0 Å². The van der Waals surface area contributed by atoms with Gasteiger partial charge in [-0.1, -0.05) is 35.9 Å². The molecule has 2 unspecified atom stereocenters. The summed E-state index contributed by atoms with van der Waals surface area (Å²) in [7, 11) is 0. The Balaban J connectivity index is 1.31. The van der Waals surface area contributed by atoms with E-state index in [2.05, 4.69) is 41.1 Å². The van der Waals surface area contributed by atoms with Gasteiger partial charge in [0.1, 0.15) is 0 Å². The molecule has 4 rings (SSSR count). The van der Waals surface area contributed by atoms with Crippen LogP contribution in [0.5, 0.6) is 0 Å². The number of fused-ring (bicyclic) bond motifs is 1. The fraction of sp³-hybridized carbons (Fsp3) is 0.522. The standard InChI is InChI=1S/C23H30N2O/c1-17-4-7-19(8-5-17)20-10-13-25(14-11-20)16-18-6-9-22-21(23(26)15-18)3-2-12-24-22/h2-5,7-8,12,18,20,23,26H,6,9-11,13-16H2,1H3. The first-order valence-corrected chi connectivity index (χ1v) is 10.1. The van der Waals surface area contributed by atoms with Gasteiger partial charge in [-0.2, -0.15) is 0 Å². The number of aliphatic hydroxyl groups excluding tert-OH is 1. The van der Waals surface area contributed by atoms with Gasteiger partial charge < -0.3 is 10.0 Å². The maximum atomic E-state index is 10.6. The normalized spacial score (nSPS) is 24.8. The van der Waals surface area contributed by atoms with E-state index in [9.17, 15) is 5.11 Å². The Morgan fingerprint density at radius 3 is 2.62 bits per heavy atom. The third-order valence-corrected chi connectivity index (χ3v) is 6.28. The summed E-state index contributed by atoms with van der Waals surface area (Å²) in [4.78, 5) is 7.10. The molecule has 26 heavy (non-hydrogen) atoms. The monoisotopic (exact) mass is 350 g/mol. The van der Waals surface area contributed by atoms with Crippen LogP contribution in [-0.4, -0.2) is 34.6 Å². The summed E-state index contributed by atoms with van der Waals surface area (Å²) in [5.74, 6) is 1.27. The lowest BCUT2D eigenvalue weighted by molar-refractivity contribution is 0.117. The molecule has 0 bridgehead atoms. The third kappa shape index (κ3) is 3.99. The van der Waals surface area contributed by atoms with E-state index in [0.717, 1.165) is 37.1 Å². The van der Waals surface area contributed by atoms with E-state index < -0.39 is 0 Å². The minimum atomic E-state index is -0.351. The number of pyridine rings is 1. The number of piperidine rings is 1. The molecule has 1 N–H and O–H groups in total. The van der Waals surface area contributed by atoms with Crippen molar-refractivity contribution in [1.82, 2.24) is 9.88 Å². The van der Waals surface area contributed by atoms with E-state index in [1.807, 2.05) is 18.3 Å². The maximum absolute atomic E-state index is 10.6. The molecule has 0 spiro atoms. The second kappa shape index (κ2) is 7.89. The average Bonchev–Trinajstić information content (AvgIpc) is 2.82. The van der Waals surface area contributed by atoms with Crippen molar-refractivity contribution < 1.29 is 5.11 Å². The number of aromatic nitrogens is 1. The van der Waals surface area contributed by atoms with Crippen molar-refractivity contribution in [3.8, 4) is 0 Å². The minimum absolute atomic E-state index is 0.351. The summed E-state index contributed by atoms with van der Waals surface area (Å²) in [6.45, 7) is 5.62. The van der Waals surface area contributed by atoms with Crippen LogP contribution in [0.1, 0.15) is 60.1 Å². The molecule has 138 valence electrons. The van der Waals surface area contributed by atoms with Crippen LogP contribution in [0.15, 0.2) is 42.6 Å². The third-order valence-electron chi connectivity index (χ3n) is 6.28. The Labute approximate surface area is 157 Å². The second-order valence-electron chi connectivity index (χ2n) is 8.18. The number of aryl methyl sites for hydroxylation is 2. The SMILES string of the molecule is Cc1ccc(C2CCN(CC3CCc4ncccc4C(O)C3)CC2)cc1. The van der Waals surface area contributed by atoms with Crippen LogP contribution in [0.3, 0.4) is 0 Å². The lowest BCUT2D eigenvalue weighted by Gasteiger charge is -2.34. The van der Waals surface area contributed by atoms with E-state index in [0.29, 0.717) is 11.8 Å². The zero-order chi connectivity index (χ0) is 17.9. The number of nitrogens with zero attached hydrogens (tertiary/aromatic N) is 2. The number of aliphatic hydroxyl groups is 1. The van der Waals surface area contributed by atoms with E-state index in [1.54, 1.807) is 0 Å². The number of hydrogen-bond acceptors (Lipinski definition) is 3. The van der Waals surface area contributed by atoms with Gasteiger partial charge in [-0.3, -0.25) is 4.98 Å². The Hall–Kier alpha value is -1.71. The molecule has 2 heterocycles. The molecule has 0 saturated carbocycles. The Bertz CT molecular complexity index is 719. The highest BCUT2D eigenvalue weighted by atomic mass is 16.3. The van der Waals surface area contributed by atoms with Gasteiger partial charge in [0.2, 0.25) is 0 Å². The van der Waals surface area contributed by atoms with E-state index in [1.165, 1.54) is 37.1 Å². The van der Waals surface area contributed by atoms with Crippen LogP contribution in [0.2, 0.25) is 0 Å². The van der Waals surface area contributed by atoms with Crippen molar-refractivity contribution in [3.63, 3.8) is 0 Å². The number of hydrogen-bond donors (Lipinski definition) is 1. The Kier molecular flexibility index (Phi) is 5.37. The van der Waals surface area contributed by atoms with E-state index >= 15 is 0 Å². The molecule has 2 atom stereocenters. The van der Waals surface area contributed by atoms with Crippen LogP contribution in [-0.2, 0) is 6.42 Å². The molecule has 0 amide bonds. The van der Waals surface area contributed by atoms with Crippen LogP contribution in [0.4, 0.5) is 0 Å². The number of likely N-dealkylation sites (tertiary alicyclic amines) is 1. The summed E-state index contributed by atoms with van der Waals surface area (Å²) in [6, 6.07) is 13.1. The van der Waals surface area contributed by atoms with Crippen molar-refractivity contribution in [1.29, 1.82) is 0 Å². The maximum Gasteiger partial charge on any atom is 0.0810 e. The first-order chi connectivity index (χ1) is 12.7. The lowest BCUT2D eigenvalue weighted by atomic mass is 9.88. The number of rotatable bonds is 3. The van der Waals surface area contributed by atoms with Crippen LogP contribution in [0.25, 0.3) is 0 Å². The Morgan fingerprint density at radius 1 is 1.08 bits per heavy atom. The summed E-state index contributed by atoms with van der Waals surface area (Å²) < 4.78 is 0. The van der Waals surface area contributed by atoms with Crippen molar-refractivity contribution in [2.24, 2.45) is 5.92 Å². The molecule has 1 aromatic carbocycles. The fourth-order valence-electron chi connectivity index (χ4n) is 4.68. The molecule has 2 aromatic rings. The molecule has 3 nitrogen and oxygen atoms in total.